The lowest BCUT2D eigenvalue weighted by atomic mass is 10.3. The third-order valence-corrected chi connectivity index (χ3v) is 7.12. The van der Waals surface area contributed by atoms with Crippen LogP contribution >= 0.6 is 10.9 Å². The molecule has 4 aromatic rings. The van der Waals surface area contributed by atoms with Crippen molar-refractivity contribution in [1.82, 2.24) is 0 Å². The smallest absolute Gasteiger partial charge is 0.139 e. The van der Waals surface area contributed by atoms with Crippen molar-refractivity contribution in [2.45, 2.75) is 14.7 Å². The molecule has 3 nitrogen and oxygen atoms in total. The van der Waals surface area contributed by atoms with Gasteiger partial charge in [0.15, 0.2) is 0 Å². The summed E-state index contributed by atoms with van der Waals surface area (Å²) >= 11 is 0. The largest absolute Gasteiger partial charge is 0.508 e. The van der Waals surface area contributed by atoms with Crippen molar-refractivity contribution in [3.05, 3.63) is 97.1 Å². The molecule has 0 spiro atoms. The summed E-state index contributed by atoms with van der Waals surface area (Å²) in [5, 5.41) is 9.40. The van der Waals surface area contributed by atoms with Crippen LogP contribution in [0.1, 0.15) is 0 Å². The van der Waals surface area contributed by atoms with E-state index in [-0.39, 0.29) is 5.75 Å². The van der Waals surface area contributed by atoms with E-state index in [0.717, 1.165) is 17.2 Å². The van der Waals surface area contributed by atoms with Gasteiger partial charge in [-0.25, -0.2) is 0 Å². The Morgan fingerprint density at radius 3 is 1.68 bits per heavy atom. The van der Waals surface area contributed by atoms with Crippen molar-refractivity contribution >= 4 is 10.9 Å². The lowest BCUT2D eigenvalue weighted by Gasteiger charge is -2.31. The van der Waals surface area contributed by atoms with Crippen molar-refractivity contribution in [3.63, 3.8) is 0 Å². The Balaban J connectivity index is 1.50. The highest BCUT2D eigenvalue weighted by atomic mass is 32.2. The second-order valence-electron chi connectivity index (χ2n) is 6.46. The molecule has 1 N–H and O–H groups in total. The molecule has 1 aliphatic heterocycles. The van der Waals surface area contributed by atoms with Crippen molar-refractivity contribution < 1.29 is 14.6 Å². The van der Waals surface area contributed by atoms with Crippen LogP contribution in [0.5, 0.6) is 28.7 Å². The van der Waals surface area contributed by atoms with Gasteiger partial charge in [0.05, 0.1) is 0 Å². The van der Waals surface area contributed by atoms with Crippen molar-refractivity contribution in [2.24, 2.45) is 0 Å². The van der Waals surface area contributed by atoms with E-state index in [1.165, 1.54) is 14.7 Å². The summed E-state index contributed by atoms with van der Waals surface area (Å²) < 4.78 is 12.0. The summed E-state index contributed by atoms with van der Waals surface area (Å²) in [6, 6.07) is 31.5. The Kier molecular flexibility index (Phi) is 4.18. The van der Waals surface area contributed by atoms with E-state index < -0.39 is 10.9 Å². The number of ether oxygens (including phenoxy) is 2. The zero-order chi connectivity index (χ0) is 18.9. The molecule has 28 heavy (non-hydrogen) atoms. The van der Waals surface area contributed by atoms with Crippen LogP contribution in [0.25, 0.3) is 0 Å². The Hall–Kier alpha value is -3.37. The van der Waals surface area contributed by atoms with Gasteiger partial charge >= 0.3 is 0 Å². The van der Waals surface area contributed by atoms with E-state index >= 15 is 0 Å². The minimum Gasteiger partial charge on any atom is -0.508 e. The van der Waals surface area contributed by atoms with E-state index in [9.17, 15) is 5.11 Å². The van der Waals surface area contributed by atoms with Crippen LogP contribution in [-0.4, -0.2) is 5.11 Å². The van der Waals surface area contributed by atoms with Crippen molar-refractivity contribution in [1.29, 1.82) is 0 Å². The molecule has 5 rings (SSSR count). The number of phenols is 1. The van der Waals surface area contributed by atoms with Crippen LogP contribution in [0, 0.1) is 0 Å². The number of rotatable bonds is 3. The first kappa shape index (κ1) is 16.8. The summed E-state index contributed by atoms with van der Waals surface area (Å²) in [5.41, 5.74) is 0. The third kappa shape index (κ3) is 3.08. The van der Waals surface area contributed by atoms with E-state index in [0.29, 0.717) is 5.75 Å². The fourth-order valence-electron chi connectivity index (χ4n) is 3.30. The maximum Gasteiger partial charge on any atom is 0.139 e. The molecule has 138 valence electrons. The molecule has 1 heterocycles. The zero-order valence-electron chi connectivity index (χ0n) is 14.9. The Labute approximate surface area is 166 Å². The monoisotopic (exact) mass is 386 g/mol. The summed E-state index contributed by atoms with van der Waals surface area (Å²) in [5.74, 6) is 3.54. The predicted octanol–water partition coefficient (Wildman–Crippen LogP) is 6.77. The normalized spacial score (nSPS) is 13.2. The SMILES string of the molecule is Oc1ccc(Oc2ccc([SH]3c4ccccc4Oc4ccccc43)cc2)cc1. The molecule has 0 atom stereocenters. The van der Waals surface area contributed by atoms with Gasteiger partial charge in [-0.3, -0.25) is 0 Å². The molecule has 0 radical (unpaired) electrons. The second kappa shape index (κ2) is 6.98. The fourth-order valence-corrected chi connectivity index (χ4v) is 5.71. The molecule has 0 saturated carbocycles. The molecule has 0 aliphatic carbocycles. The predicted molar refractivity (Wildman–Crippen MR) is 111 cm³/mol. The standard InChI is InChI=1S/C24H18O3S/c25-17-9-11-18(12-10-17)26-19-13-15-20(16-14-19)28-23-7-3-1-5-21(23)27-22-6-2-4-8-24(22)28/h1-16,25,28H. The van der Waals surface area contributed by atoms with Crippen LogP contribution in [-0.2, 0) is 0 Å². The van der Waals surface area contributed by atoms with Crippen LogP contribution < -0.4 is 9.47 Å². The fraction of sp³-hybridized carbons (Fsp3) is 0. The minimum absolute atomic E-state index is 0.224. The maximum absolute atomic E-state index is 9.40. The van der Waals surface area contributed by atoms with Gasteiger partial charge in [0.25, 0.3) is 0 Å². The number of phenolic OH excluding ortho intramolecular Hbond substituents is 1. The molecule has 0 saturated heterocycles. The first-order chi connectivity index (χ1) is 13.8. The summed E-state index contributed by atoms with van der Waals surface area (Å²) in [7, 11) is -0.688. The van der Waals surface area contributed by atoms with Gasteiger partial charge in [-0.05, 0) is 77.7 Å². The lowest BCUT2D eigenvalue weighted by molar-refractivity contribution is 0.453. The third-order valence-electron chi connectivity index (χ3n) is 4.60. The molecule has 1 aliphatic rings. The highest BCUT2D eigenvalue weighted by Gasteiger charge is 2.25. The van der Waals surface area contributed by atoms with Crippen molar-refractivity contribution in [2.75, 3.05) is 0 Å². The second-order valence-corrected chi connectivity index (χ2v) is 8.61. The molecule has 0 fully saturated rings. The molecule has 0 bridgehead atoms. The number of thiol groups is 1. The van der Waals surface area contributed by atoms with Gasteiger partial charge in [0, 0.05) is 9.79 Å². The average molecular weight is 386 g/mol. The minimum atomic E-state index is -0.688. The van der Waals surface area contributed by atoms with E-state index in [1.54, 1.807) is 24.3 Å². The lowest BCUT2D eigenvalue weighted by Crippen LogP contribution is -2.00. The number of benzene rings is 4. The van der Waals surface area contributed by atoms with Gasteiger partial charge in [-0.15, -0.1) is 0 Å². The number of para-hydroxylation sites is 2. The Morgan fingerprint density at radius 1 is 0.607 bits per heavy atom. The molecular weight excluding hydrogens is 368 g/mol. The molecule has 0 amide bonds. The van der Waals surface area contributed by atoms with Gasteiger partial charge in [0.1, 0.15) is 28.7 Å². The quantitative estimate of drug-likeness (QED) is 0.336. The molecular formula is C24H18O3S. The van der Waals surface area contributed by atoms with Crippen molar-refractivity contribution in [3.8, 4) is 28.7 Å². The topological polar surface area (TPSA) is 38.7 Å². The van der Waals surface area contributed by atoms with Crippen LogP contribution in [0.15, 0.2) is 112 Å². The van der Waals surface area contributed by atoms with E-state index in [2.05, 4.69) is 36.4 Å². The van der Waals surface area contributed by atoms with E-state index in [4.69, 9.17) is 9.47 Å². The first-order valence-corrected chi connectivity index (χ1v) is 10.3. The highest BCUT2D eigenvalue weighted by molar-refractivity contribution is 8.17. The van der Waals surface area contributed by atoms with Gasteiger partial charge in [0.2, 0.25) is 0 Å². The zero-order valence-corrected chi connectivity index (χ0v) is 15.8. The number of hydrogen-bond acceptors (Lipinski definition) is 3. The number of aromatic hydroxyl groups is 1. The number of hydrogen-bond donors (Lipinski definition) is 2. The Bertz CT molecular complexity index is 1080. The van der Waals surface area contributed by atoms with E-state index in [1.807, 2.05) is 36.4 Å². The average Bonchev–Trinajstić information content (AvgIpc) is 2.74. The summed E-state index contributed by atoms with van der Waals surface area (Å²) in [4.78, 5) is 3.70. The van der Waals surface area contributed by atoms with Gasteiger partial charge in [-0.2, -0.15) is 10.9 Å². The maximum atomic E-state index is 9.40. The highest BCUT2D eigenvalue weighted by Crippen LogP contribution is 2.61. The van der Waals surface area contributed by atoms with Gasteiger partial charge in [-0.1, -0.05) is 24.3 Å². The van der Waals surface area contributed by atoms with Gasteiger partial charge < -0.3 is 14.6 Å². The molecule has 4 aromatic carbocycles. The Morgan fingerprint density at radius 2 is 1.11 bits per heavy atom. The van der Waals surface area contributed by atoms with Crippen LogP contribution in [0.2, 0.25) is 0 Å². The van der Waals surface area contributed by atoms with Crippen LogP contribution in [0.4, 0.5) is 0 Å². The molecule has 0 aromatic heterocycles. The molecule has 0 unspecified atom stereocenters. The summed E-state index contributed by atoms with van der Waals surface area (Å²) in [6.07, 6.45) is 0. The van der Waals surface area contributed by atoms with Crippen LogP contribution in [0.3, 0.4) is 0 Å². The number of fused-ring (bicyclic) bond motifs is 2. The first-order valence-electron chi connectivity index (χ1n) is 9.01. The molecule has 4 heteroatoms. The summed E-state index contributed by atoms with van der Waals surface area (Å²) in [6.45, 7) is 0.